The zero-order valence-corrected chi connectivity index (χ0v) is 16.8. The molecule has 1 fully saturated rings. The van der Waals surface area contributed by atoms with Gasteiger partial charge in [-0.15, -0.1) is 0 Å². The van der Waals surface area contributed by atoms with Crippen molar-refractivity contribution in [3.8, 4) is 11.5 Å². The predicted octanol–water partition coefficient (Wildman–Crippen LogP) is 1.64. The van der Waals surface area contributed by atoms with Crippen molar-refractivity contribution in [1.82, 2.24) is 0 Å². The van der Waals surface area contributed by atoms with Gasteiger partial charge in [0.05, 0.1) is 19.7 Å². The molecule has 0 bridgehead atoms. The van der Waals surface area contributed by atoms with E-state index in [1.165, 1.54) is 0 Å². The van der Waals surface area contributed by atoms with Crippen LogP contribution in [-0.4, -0.2) is 46.8 Å². The Morgan fingerprint density at radius 1 is 1.23 bits per heavy atom. The van der Waals surface area contributed by atoms with Crippen LogP contribution in [0.2, 0.25) is 0 Å². The quantitative estimate of drug-likeness (QED) is 0.590. The monoisotopic (exact) mass is 409 g/mol. The van der Waals surface area contributed by atoms with Crippen LogP contribution in [0.4, 0.5) is 0 Å². The maximum atomic E-state index is 12.1. The molecule has 2 aliphatic heterocycles. The third-order valence-corrected chi connectivity index (χ3v) is 6.31. The van der Waals surface area contributed by atoms with Crippen LogP contribution in [0.15, 0.2) is 54.2 Å². The molecule has 2 aromatic rings. The summed E-state index contributed by atoms with van der Waals surface area (Å²) in [6.07, 6.45) is 1.10. The molecule has 0 aliphatic carbocycles. The van der Waals surface area contributed by atoms with E-state index in [0.29, 0.717) is 36.1 Å². The van der Waals surface area contributed by atoms with Crippen molar-refractivity contribution < 1.29 is 34.1 Å². The zero-order chi connectivity index (χ0) is 21.7. The van der Waals surface area contributed by atoms with Crippen LogP contribution in [0.1, 0.15) is 29.0 Å². The molecule has 0 amide bonds. The van der Waals surface area contributed by atoms with Gasteiger partial charge in [-0.1, -0.05) is 36.4 Å². The number of aliphatic carboxylic acids is 2. The fourth-order valence-electron chi connectivity index (χ4n) is 4.92. The van der Waals surface area contributed by atoms with E-state index in [1.54, 1.807) is 13.1 Å². The van der Waals surface area contributed by atoms with E-state index >= 15 is 0 Å². The summed E-state index contributed by atoms with van der Waals surface area (Å²) in [5.41, 5.74) is 0.424. The third-order valence-electron chi connectivity index (χ3n) is 6.31. The van der Waals surface area contributed by atoms with Crippen molar-refractivity contribution in [2.75, 3.05) is 20.1 Å². The van der Waals surface area contributed by atoms with Gasteiger partial charge in [0, 0.05) is 23.5 Å². The van der Waals surface area contributed by atoms with Crippen LogP contribution in [0.25, 0.3) is 0 Å². The minimum atomic E-state index is -1.56. The number of hydrogen-bond donors (Lipinski definition) is 2. The molecule has 0 saturated carbocycles. The molecule has 0 spiro atoms. The SMILES string of the molecule is Cc1cccc2c1Oc1ccccc1[C@@H]1CC[N+](C)(/C(=C\C(=O)O)C(=O)[O-])C[C@]21O. The molecule has 0 aromatic heterocycles. The maximum Gasteiger partial charge on any atom is 0.334 e. The van der Waals surface area contributed by atoms with Gasteiger partial charge in [-0.2, -0.15) is 0 Å². The second kappa shape index (κ2) is 6.97. The van der Waals surface area contributed by atoms with Crippen LogP contribution >= 0.6 is 0 Å². The maximum absolute atomic E-state index is 12.1. The number of ether oxygens (including phenoxy) is 1. The number of fused-ring (bicyclic) bond motifs is 5. The van der Waals surface area contributed by atoms with E-state index in [4.69, 9.17) is 4.74 Å². The van der Waals surface area contributed by atoms with Gasteiger partial charge in [-0.3, -0.25) is 4.48 Å². The summed E-state index contributed by atoms with van der Waals surface area (Å²) in [5, 5.41) is 33.1. The first-order valence-electron chi connectivity index (χ1n) is 9.76. The fraction of sp³-hybridized carbons (Fsp3) is 0.304. The van der Waals surface area contributed by atoms with Crippen molar-refractivity contribution in [2.45, 2.75) is 24.9 Å². The summed E-state index contributed by atoms with van der Waals surface area (Å²) < 4.78 is 5.96. The Bertz CT molecular complexity index is 1080. The smallest absolute Gasteiger partial charge is 0.334 e. The molecule has 2 aliphatic rings. The Morgan fingerprint density at radius 3 is 2.67 bits per heavy atom. The number of nitrogens with zero attached hydrogens (tertiary/aromatic N) is 1. The van der Waals surface area contributed by atoms with Crippen LogP contribution in [0.5, 0.6) is 11.5 Å². The minimum absolute atomic E-state index is 0.0289. The third kappa shape index (κ3) is 3.07. The highest BCUT2D eigenvalue weighted by atomic mass is 16.5. The van der Waals surface area contributed by atoms with Gasteiger partial charge in [-0.25, -0.2) is 4.79 Å². The molecule has 7 nitrogen and oxygen atoms in total. The Balaban J connectivity index is 1.93. The normalized spacial score (nSPS) is 27.7. The Morgan fingerprint density at radius 2 is 1.97 bits per heavy atom. The molecule has 0 radical (unpaired) electrons. The van der Waals surface area contributed by atoms with Gasteiger partial charge >= 0.3 is 5.97 Å². The second-order valence-corrected chi connectivity index (χ2v) is 8.29. The minimum Gasteiger partial charge on any atom is -0.540 e. The van der Waals surface area contributed by atoms with Crippen molar-refractivity contribution in [2.24, 2.45) is 0 Å². The standard InChI is InChI=1S/C23H23NO6/c1-14-6-5-8-17-21(14)30-19-9-4-3-7-15(19)16-10-11-24(2,13-23(16,17)29)18(22(27)28)12-20(25)26/h3-9,12,16,29H,10-11,13H2,1-2H3,(H-,25,26,27,28)/b18-12-/t16-,23+,24?/m0/s1. The summed E-state index contributed by atoms with van der Waals surface area (Å²) in [7, 11) is 1.62. The number of hydrogen-bond acceptors (Lipinski definition) is 5. The van der Waals surface area contributed by atoms with Crippen molar-refractivity contribution >= 4 is 11.9 Å². The lowest BCUT2D eigenvalue weighted by molar-refractivity contribution is -0.884. The van der Waals surface area contributed by atoms with E-state index in [0.717, 1.165) is 11.1 Å². The largest absolute Gasteiger partial charge is 0.540 e. The second-order valence-electron chi connectivity index (χ2n) is 8.29. The fourth-order valence-corrected chi connectivity index (χ4v) is 4.92. The number of aryl methyl sites for hydroxylation is 1. The van der Waals surface area contributed by atoms with Gasteiger partial charge in [-0.05, 0) is 18.6 Å². The number of piperidine rings is 1. The average Bonchev–Trinajstić information content (AvgIpc) is 2.78. The number of benzene rings is 2. The Labute approximate surface area is 174 Å². The summed E-state index contributed by atoms with van der Waals surface area (Å²) in [4.78, 5) is 23.1. The van der Waals surface area contributed by atoms with E-state index in [9.17, 15) is 24.9 Å². The Hall–Kier alpha value is -3.16. The summed E-state index contributed by atoms with van der Waals surface area (Å²) in [6.45, 7) is 2.19. The molecular weight excluding hydrogens is 386 g/mol. The molecule has 30 heavy (non-hydrogen) atoms. The number of carboxylic acids is 2. The highest BCUT2D eigenvalue weighted by molar-refractivity contribution is 5.91. The topological polar surface area (TPSA) is 107 Å². The molecule has 2 aromatic carbocycles. The lowest BCUT2D eigenvalue weighted by atomic mass is 9.71. The number of carbonyl (C=O) groups is 2. The number of para-hydroxylation sites is 2. The number of carbonyl (C=O) groups excluding carboxylic acids is 1. The lowest BCUT2D eigenvalue weighted by Crippen LogP contribution is -2.61. The van der Waals surface area contributed by atoms with E-state index < -0.39 is 17.5 Å². The number of carboxylic acid groups (broad SMARTS) is 2. The highest BCUT2D eigenvalue weighted by Crippen LogP contribution is 2.54. The predicted molar refractivity (Wildman–Crippen MR) is 106 cm³/mol. The molecule has 4 rings (SSSR count). The lowest BCUT2D eigenvalue weighted by Gasteiger charge is -2.49. The summed E-state index contributed by atoms with van der Waals surface area (Å²) >= 11 is 0. The van der Waals surface area contributed by atoms with Crippen LogP contribution < -0.4 is 9.84 Å². The van der Waals surface area contributed by atoms with Crippen molar-refractivity contribution in [3.63, 3.8) is 0 Å². The number of likely N-dealkylation sites (tertiary alicyclic amines) is 1. The number of aliphatic hydroxyl groups is 1. The first kappa shape index (κ1) is 20.1. The van der Waals surface area contributed by atoms with Gasteiger partial charge < -0.3 is 24.9 Å². The number of likely N-dealkylation sites (N-methyl/N-ethyl adjacent to an activating group) is 1. The highest BCUT2D eigenvalue weighted by Gasteiger charge is 2.54. The van der Waals surface area contributed by atoms with Gasteiger partial charge in [0.25, 0.3) is 0 Å². The molecule has 3 atom stereocenters. The first-order chi connectivity index (χ1) is 14.2. The van der Waals surface area contributed by atoms with Crippen LogP contribution in [0, 0.1) is 6.92 Å². The Kier molecular flexibility index (Phi) is 4.67. The zero-order valence-electron chi connectivity index (χ0n) is 16.8. The van der Waals surface area contributed by atoms with Gasteiger partial charge in [0.15, 0.2) is 5.70 Å². The van der Waals surface area contributed by atoms with Crippen LogP contribution in [0.3, 0.4) is 0 Å². The molecule has 7 heteroatoms. The number of quaternary nitrogens is 1. The van der Waals surface area contributed by atoms with Crippen molar-refractivity contribution in [1.29, 1.82) is 0 Å². The molecule has 2 N–H and O–H groups in total. The van der Waals surface area contributed by atoms with Crippen molar-refractivity contribution in [3.05, 3.63) is 70.9 Å². The molecule has 156 valence electrons. The van der Waals surface area contributed by atoms with Crippen LogP contribution in [-0.2, 0) is 15.2 Å². The first-order valence-corrected chi connectivity index (χ1v) is 9.76. The summed E-state index contributed by atoms with van der Waals surface area (Å²) in [5.74, 6) is -2.06. The summed E-state index contributed by atoms with van der Waals surface area (Å²) in [6, 6.07) is 13.0. The van der Waals surface area contributed by atoms with Gasteiger partial charge in [0.1, 0.15) is 29.6 Å². The van der Waals surface area contributed by atoms with E-state index in [2.05, 4.69) is 0 Å². The number of rotatable bonds is 3. The van der Waals surface area contributed by atoms with E-state index in [-0.39, 0.29) is 22.6 Å². The van der Waals surface area contributed by atoms with Gasteiger partial charge in [0.2, 0.25) is 0 Å². The average molecular weight is 409 g/mol. The van der Waals surface area contributed by atoms with E-state index in [1.807, 2.05) is 43.3 Å². The molecule has 1 unspecified atom stereocenters. The molecular formula is C23H23NO6. The molecule has 2 heterocycles. The molecule has 1 saturated heterocycles.